The number of benzene rings is 1. The molecule has 4 aliphatic heterocycles. The van der Waals surface area contributed by atoms with Crippen LogP contribution in [0.1, 0.15) is 24.4 Å². The molecule has 7 nitrogen and oxygen atoms in total. The number of carbonyl (C=O) groups excluding carboxylic acids is 2. The molecule has 0 radical (unpaired) electrons. The van der Waals surface area contributed by atoms with E-state index in [-0.39, 0.29) is 49.2 Å². The Hall–Kier alpha value is -2.80. The van der Waals surface area contributed by atoms with Crippen LogP contribution in [0.2, 0.25) is 0 Å². The van der Waals surface area contributed by atoms with E-state index in [9.17, 15) is 9.59 Å². The smallest absolute Gasteiger partial charge is 0.270 e. The topological polar surface area (TPSA) is 71.1 Å². The molecule has 0 aromatic heterocycles. The molecule has 4 heterocycles. The van der Waals surface area contributed by atoms with Gasteiger partial charge in [-0.1, -0.05) is 18.2 Å². The van der Waals surface area contributed by atoms with Gasteiger partial charge in [-0.15, -0.1) is 0 Å². The molecule has 1 N–H and O–H groups in total. The fourth-order valence-electron chi connectivity index (χ4n) is 5.63. The maximum Gasteiger partial charge on any atom is 0.270 e. The number of amides is 2. The summed E-state index contributed by atoms with van der Waals surface area (Å²) in [5, 5.41) is 3.77. The van der Waals surface area contributed by atoms with E-state index in [2.05, 4.69) is 23.5 Å². The molecule has 0 saturated carbocycles. The molecule has 29 heavy (non-hydrogen) atoms. The van der Waals surface area contributed by atoms with Crippen molar-refractivity contribution >= 4 is 11.8 Å². The lowest BCUT2D eigenvalue weighted by atomic mass is 9.75. The normalized spacial score (nSPS) is 34.7. The molecular weight excluding hydrogens is 370 g/mol. The Morgan fingerprint density at radius 2 is 2.03 bits per heavy atom. The molecule has 5 atom stereocenters. The number of piperazine rings is 1. The third kappa shape index (κ3) is 2.40. The lowest BCUT2D eigenvalue weighted by Gasteiger charge is -2.46. The van der Waals surface area contributed by atoms with Crippen molar-refractivity contribution in [1.82, 2.24) is 15.1 Å². The van der Waals surface area contributed by atoms with Crippen molar-refractivity contribution < 1.29 is 19.1 Å². The highest BCUT2D eigenvalue weighted by atomic mass is 16.7. The van der Waals surface area contributed by atoms with Gasteiger partial charge >= 0.3 is 0 Å². The van der Waals surface area contributed by atoms with E-state index in [1.165, 1.54) is 4.90 Å². The number of hydrogen-bond acceptors (Lipinski definition) is 5. The molecule has 7 heteroatoms. The Kier molecular flexibility index (Phi) is 3.59. The Bertz CT molecular complexity index is 971. The maximum absolute atomic E-state index is 13.1. The largest absolute Gasteiger partial charge is 0.454 e. The zero-order chi connectivity index (χ0) is 19.7. The molecule has 5 unspecified atom stereocenters. The van der Waals surface area contributed by atoms with Crippen LogP contribution >= 0.6 is 0 Å². The fraction of sp³-hybridized carbons (Fsp3) is 0.455. The van der Waals surface area contributed by atoms with Gasteiger partial charge in [-0.05, 0) is 42.5 Å². The zero-order valence-electron chi connectivity index (χ0n) is 16.2. The summed E-state index contributed by atoms with van der Waals surface area (Å²) in [6, 6.07) is 5.93. The van der Waals surface area contributed by atoms with Crippen molar-refractivity contribution in [3.05, 3.63) is 47.7 Å². The third-order valence-electron chi connectivity index (χ3n) is 6.94. The number of nitrogens with zero attached hydrogens (tertiary/aromatic N) is 2. The lowest BCUT2D eigenvalue weighted by molar-refractivity contribution is -0.147. The van der Waals surface area contributed by atoms with Crippen LogP contribution in [0.3, 0.4) is 0 Å². The number of fused-ring (bicyclic) bond motifs is 5. The number of likely N-dealkylation sites (N-methyl/N-ethyl adjacent to an activating group) is 1. The van der Waals surface area contributed by atoms with Crippen LogP contribution in [-0.4, -0.2) is 54.1 Å². The molecule has 150 valence electrons. The Morgan fingerprint density at radius 1 is 1.17 bits per heavy atom. The molecule has 2 saturated heterocycles. The predicted molar refractivity (Wildman–Crippen MR) is 104 cm³/mol. The van der Waals surface area contributed by atoms with E-state index >= 15 is 0 Å². The molecule has 2 fully saturated rings. The number of ether oxygens (including phenoxy) is 2. The summed E-state index contributed by atoms with van der Waals surface area (Å²) < 4.78 is 11.1. The number of rotatable bonds is 1. The van der Waals surface area contributed by atoms with E-state index in [0.29, 0.717) is 23.1 Å². The van der Waals surface area contributed by atoms with Crippen molar-refractivity contribution in [2.24, 2.45) is 11.8 Å². The van der Waals surface area contributed by atoms with Gasteiger partial charge < -0.3 is 19.7 Å². The lowest BCUT2D eigenvalue weighted by Crippen LogP contribution is -2.58. The Balaban J connectivity index is 1.49. The second-order valence-corrected chi connectivity index (χ2v) is 8.50. The van der Waals surface area contributed by atoms with Crippen LogP contribution in [0, 0.1) is 11.8 Å². The maximum atomic E-state index is 13.1. The van der Waals surface area contributed by atoms with E-state index in [1.807, 2.05) is 18.2 Å². The van der Waals surface area contributed by atoms with Crippen LogP contribution in [0.15, 0.2) is 42.1 Å². The second kappa shape index (κ2) is 6.10. The molecule has 0 bridgehead atoms. The molecule has 6 rings (SSSR count). The first-order valence-electron chi connectivity index (χ1n) is 10.2. The van der Waals surface area contributed by atoms with Gasteiger partial charge in [0.05, 0.1) is 6.04 Å². The van der Waals surface area contributed by atoms with E-state index in [1.54, 1.807) is 11.9 Å². The molecule has 0 spiro atoms. The Morgan fingerprint density at radius 3 is 2.93 bits per heavy atom. The fourth-order valence-corrected chi connectivity index (χ4v) is 5.63. The molecular formula is C22H23N3O4. The van der Waals surface area contributed by atoms with Crippen LogP contribution in [0.25, 0.3) is 0 Å². The minimum Gasteiger partial charge on any atom is -0.454 e. The summed E-state index contributed by atoms with van der Waals surface area (Å²) in [7, 11) is 1.69. The summed E-state index contributed by atoms with van der Waals surface area (Å²) in [6.07, 6.45) is 8.67. The highest BCUT2D eigenvalue weighted by Crippen LogP contribution is 2.48. The molecule has 1 aromatic rings. The average Bonchev–Trinajstić information content (AvgIpc) is 3.34. The molecule has 2 amide bonds. The standard InChI is InChI=1S/C22H23N3O4/c1-24-10-19(26)25-16(22(24)27)9-14-13-4-2-3-5-15(13)23-20(14)21(25)12-6-7-17-18(8-12)29-11-28-17/h3,5-9,13-15,20-21,23H,2,4,10-11H2,1H3. The van der Waals surface area contributed by atoms with E-state index < -0.39 is 0 Å². The summed E-state index contributed by atoms with van der Waals surface area (Å²) in [5.41, 5.74) is 1.49. The number of carbonyl (C=O) groups is 2. The first-order valence-corrected chi connectivity index (χ1v) is 10.2. The molecule has 1 aliphatic carbocycles. The van der Waals surface area contributed by atoms with E-state index in [4.69, 9.17) is 9.47 Å². The van der Waals surface area contributed by atoms with Crippen molar-refractivity contribution in [3.8, 4) is 11.5 Å². The highest BCUT2D eigenvalue weighted by molar-refractivity contribution is 6.03. The third-order valence-corrected chi connectivity index (χ3v) is 6.94. The average molecular weight is 393 g/mol. The van der Waals surface area contributed by atoms with Crippen molar-refractivity contribution in [2.45, 2.75) is 31.0 Å². The number of hydrogen-bond donors (Lipinski definition) is 1. The van der Waals surface area contributed by atoms with Gasteiger partial charge in [-0.3, -0.25) is 14.5 Å². The second-order valence-electron chi connectivity index (χ2n) is 8.50. The van der Waals surface area contributed by atoms with Gasteiger partial charge in [0.2, 0.25) is 12.7 Å². The summed E-state index contributed by atoms with van der Waals surface area (Å²) in [4.78, 5) is 29.3. The van der Waals surface area contributed by atoms with E-state index in [0.717, 1.165) is 18.4 Å². The molecule has 5 aliphatic rings. The summed E-state index contributed by atoms with van der Waals surface area (Å²) in [5.74, 6) is 1.92. The minimum atomic E-state index is -0.251. The van der Waals surface area contributed by atoms with Crippen LogP contribution < -0.4 is 14.8 Å². The van der Waals surface area contributed by atoms with Gasteiger partial charge in [-0.2, -0.15) is 0 Å². The van der Waals surface area contributed by atoms with Gasteiger partial charge in [0.1, 0.15) is 12.2 Å². The van der Waals surface area contributed by atoms with Gasteiger partial charge in [-0.25, -0.2) is 0 Å². The van der Waals surface area contributed by atoms with Crippen LogP contribution in [0.5, 0.6) is 11.5 Å². The minimum absolute atomic E-state index is 0.0494. The predicted octanol–water partition coefficient (Wildman–Crippen LogP) is 1.58. The van der Waals surface area contributed by atoms with Crippen molar-refractivity contribution in [2.75, 3.05) is 20.4 Å². The summed E-state index contributed by atoms with van der Waals surface area (Å²) >= 11 is 0. The SMILES string of the molecule is CN1CC(=O)N2C(=CC3C4CCC=CC4NC3C2c2ccc3c(c2)OCO3)C1=O. The molecule has 1 aromatic carbocycles. The van der Waals surface area contributed by atoms with Gasteiger partial charge in [0.15, 0.2) is 11.5 Å². The monoisotopic (exact) mass is 393 g/mol. The summed E-state index contributed by atoms with van der Waals surface area (Å²) in [6.45, 7) is 0.307. The van der Waals surface area contributed by atoms with Gasteiger partial charge in [0, 0.05) is 25.0 Å². The Labute approximate surface area is 168 Å². The zero-order valence-corrected chi connectivity index (χ0v) is 16.2. The van der Waals surface area contributed by atoms with Crippen LogP contribution in [0.4, 0.5) is 0 Å². The highest BCUT2D eigenvalue weighted by Gasteiger charge is 2.53. The number of nitrogens with one attached hydrogen (secondary N) is 1. The van der Waals surface area contributed by atoms with Gasteiger partial charge in [0.25, 0.3) is 5.91 Å². The first-order chi connectivity index (χ1) is 14.1. The van der Waals surface area contributed by atoms with Crippen molar-refractivity contribution in [3.63, 3.8) is 0 Å². The first kappa shape index (κ1) is 17.1. The van der Waals surface area contributed by atoms with Crippen LogP contribution in [-0.2, 0) is 9.59 Å². The quantitative estimate of drug-likeness (QED) is 0.734. The van der Waals surface area contributed by atoms with Crippen molar-refractivity contribution in [1.29, 1.82) is 0 Å². The number of allylic oxidation sites excluding steroid dienone is 1.